The summed E-state index contributed by atoms with van der Waals surface area (Å²) in [7, 11) is 0. The molecule has 2 aromatic rings. The molecule has 0 aromatic carbocycles. The summed E-state index contributed by atoms with van der Waals surface area (Å²) in [6.45, 7) is 3.65. The molecule has 2 aliphatic rings. The summed E-state index contributed by atoms with van der Waals surface area (Å²) in [4.78, 5) is 20.0. The average Bonchev–Trinajstić information content (AvgIpc) is 3.30. The molecule has 2 aromatic heterocycles. The molecular formula is C20H28N4O. The largest absolute Gasteiger partial charge is 0.349 e. The second-order valence-corrected chi connectivity index (χ2v) is 7.56. The van der Waals surface area contributed by atoms with Crippen LogP contribution >= 0.6 is 0 Å². The molecule has 5 heteroatoms. The van der Waals surface area contributed by atoms with E-state index in [1.165, 1.54) is 32.1 Å². The van der Waals surface area contributed by atoms with Gasteiger partial charge in [0.05, 0.1) is 18.3 Å². The third-order valence-corrected chi connectivity index (χ3v) is 5.81. The predicted molar refractivity (Wildman–Crippen MR) is 98.4 cm³/mol. The number of nitrogens with zero attached hydrogens (tertiary/aromatic N) is 3. The Bertz CT molecular complexity index is 747. The molecule has 1 aliphatic carbocycles. The van der Waals surface area contributed by atoms with Crippen LogP contribution in [0.3, 0.4) is 0 Å². The number of imidazole rings is 1. The fourth-order valence-electron chi connectivity index (χ4n) is 4.49. The van der Waals surface area contributed by atoms with E-state index in [-0.39, 0.29) is 11.9 Å². The van der Waals surface area contributed by atoms with Crippen molar-refractivity contribution in [3.05, 3.63) is 35.8 Å². The molecule has 0 radical (unpaired) electrons. The van der Waals surface area contributed by atoms with Crippen LogP contribution in [-0.4, -0.2) is 38.8 Å². The zero-order chi connectivity index (χ0) is 17.2. The van der Waals surface area contributed by atoms with Gasteiger partial charge in [0.25, 0.3) is 0 Å². The summed E-state index contributed by atoms with van der Waals surface area (Å²) in [5.74, 6) is 0.181. The topological polar surface area (TPSA) is 49.6 Å². The number of aryl methyl sites for hydroxylation is 1. The van der Waals surface area contributed by atoms with Crippen molar-refractivity contribution < 1.29 is 4.79 Å². The van der Waals surface area contributed by atoms with E-state index in [1.807, 2.05) is 22.9 Å². The molecule has 134 valence electrons. The molecule has 25 heavy (non-hydrogen) atoms. The number of hydrogen-bond acceptors (Lipinski definition) is 3. The van der Waals surface area contributed by atoms with Crippen molar-refractivity contribution in [3.63, 3.8) is 0 Å². The number of amides is 1. The molecule has 1 aliphatic heterocycles. The Morgan fingerprint density at radius 1 is 1.24 bits per heavy atom. The summed E-state index contributed by atoms with van der Waals surface area (Å²) in [6.07, 6.45) is 12.5. The number of rotatable bonds is 4. The van der Waals surface area contributed by atoms with Crippen LogP contribution in [0.25, 0.3) is 5.65 Å². The predicted octanol–water partition coefficient (Wildman–Crippen LogP) is 3.06. The van der Waals surface area contributed by atoms with E-state index in [9.17, 15) is 4.79 Å². The summed E-state index contributed by atoms with van der Waals surface area (Å²) in [6, 6.07) is 4.75. The van der Waals surface area contributed by atoms with E-state index in [4.69, 9.17) is 0 Å². The van der Waals surface area contributed by atoms with Crippen LogP contribution < -0.4 is 5.32 Å². The van der Waals surface area contributed by atoms with Crippen molar-refractivity contribution >= 4 is 11.6 Å². The minimum atomic E-state index is 0.0515. The van der Waals surface area contributed by atoms with Gasteiger partial charge in [-0.15, -0.1) is 0 Å². The van der Waals surface area contributed by atoms with Crippen LogP contribution in [-0.2, 0) is 11.3 Å². The SMILES string of the molecule is Cc1cccn2cc(CNC(=O)C3CCCCN3C3CCCC3)nc12. The maximum absolute atomic E-state index is 12.8. The Morgan fingerprint density at radius 2 is 2.04 bits per heavy atom. The molecule has 1 atom stereocenters. The summed E-state index contributed by atoms with van der Waals surface area (Å²) >= 11 is 0. The second-order valence-electron chi connectivity index (χ2n) is 7.56. The van der Waals surface area contributed by atoms with Gasteiger partial charge in [-0.05, 0) is 50.8 Å². The number of carbonyl (C=O) groups excluding carboxylic acids is 1. The molecule has 1 amide bonds. The lowest BCUT2D eigenvalue weighted by Gasteiger charge is -2.38. The van der Waals surface area contributed by atoms with Gasteiger partial charge < -0.3 is 9.72 Å². The van der Waals surface area contributed by atoms with E-state index in [0.717, 1.165) is 36.3 Å². The van der Waals surface area contributed by atoms with Gasteiger partial charge in [-0.25, -0.2) is 4.98 Å². The maximum atomic E-state index is 12.8. The molecule has 2 fully saturated rings. The Balaban J connectivity index is 1.42. The Labute approximate surface area is 149 Å². The first-order valence-electron chi connectivity index (χ1n) is 9.69. The fourth-order valence-corrected chi connectivity index (χ4v) is 4.49. The number of carbonyl (C=O) groups is 1. The molecule has 1 N–H and O–H groups in total. The third-order valence-electron chi connectivity index (χ3n) is 5.81. The first-order chi connectivity index (χ1) is 12.2. The average molecular weight is 340 g/mol. The first-order valence-corrected chi connectivity index (χ1v) is 9.69. The van der Waals surface area contributed by atoms with Gasteiger partial charge in [0, 0.05) is 18.4 Å². The minimum Gasteiger partial charge on any atom is -0.349 e. The molecule has 0 bridgehead atoms. The molecule has 4 rings (SSSR count). The highest BCUT2D eigenvalue weighted by Gasteiger charge is 2.34. The van der Waals surface area contributed by atoms with E-state index >= 15 is 0 Å². The summed E-state index contributed by atoms with van der Waals surface area (Å²) in [5.41, 5.74) is 3.04. The smallest absolute Gasteiger partial charge is 0.237 e. The van der Waals surface area contributed by atoms with Gasteiger partial charge in [0.2, 0.25) is 5.91 Å². The lowest BCUT2D eigenvalue weighted by molar-refractivity contribution is -0.129. The number of nitrogens with one attached hydrogen (secondary N) is 1. The highest BCUT2D eigenvalue weighted by atomic mass is 16.2. The Morgan fingerprint density at radius 3 is 2.84 bits per heavy atom. The van der Waals surface area contributed by atoms with Crippen LogP contribution in [0, 0.1) is 6.92 Å². The number of hydrogen-bond donors (Lipinski definition) is 1. The van der Waals surface area contributed by atoms with Crippen LogP contribution in [0.4, 0.5) is 0 Å². The van der Waals surface area contributed by atoms with Gasteiger partial charge in [-0.1, -0.05) is 25.3 Å². The van der Waals surface area contributed by atoms with E-state index in [1.54, 1.807) is 0 Å². The van der Waals surface area contributed by atoms with Crippen molar-refractivity contribution in [1.82, 2.24) is 19.6 Å². The number of pyridine rings is 1. The molecule has 1 saturated carbocycles. The minimum absolute atomic E-state index is 0.0515. The maximum Gasteiger partial charge on any atom is 0.237 e. The van der Waals surface area contributed by atoms with Gasteiger partial charge in [-0.3, -0.25) is 9.69 Å². The molecule has 5 nitrogen and oxygen atoms in total. The van der Waals surface area contributed by atoms with Crippen LogP contribution in [0.2, 0.25) is 0 Å². The Kier molecular flexibility index (Phi) is 4.75. The lowest BCUT2D eigenvalue weighted by Crippen LogP contribution is -2.52. The molecule has 0 spiro atoms. The molecule has 1 unspecified atom stereocenters. The van der Waals surface area contributed by atoms with Crippen molar-refractivity contribution in [2.75, 3.05) is 6.54 Å². The number of aromatic nitrogens is 2. The summed E-state index contributed by atoms with van der Waals surface area (Å²) < 4.78 is 2.03. The van der Waals surface area contributed by atoms with Crippen LogP contribution in [0.1, 0.15) is 56.2 Å². The Hall–Kier alpha value is -1.88. The standard InChI is InChI=1S/C20H28N4O/c1-15-7-6-11-23-14-16(22-19(15)23)13-21-20(25)18-10-4-5-12-24(18)17-8-2-3-9-17/h6-7,11,14,17-18H,2-5,8-10,12-13H2,1H3,(H,21,25). The number of fused-ring (bicyclic) bond motifs is 1. The highest BCUT2D eigenvalue weighted by molar-refractivity contribution is 5.81. The number of likely N-dealkylation sites (tertiary alicyclic amines) is 1. The van der Waals surface area contributed by atoms with Gasteiger partial charge in [0.1, 0.15) is 5.65 Å². The fraction of sp³-hybridized carbons (Fsp3) is 0.600. The molecule has 3 heterocycles. The van der Waals surface area contributed by atoms with E-state index < -0.39 is 0 Å². The zero-order valence-corrected chi connectivity index (χ0v) is 15.1. The third kappa shape index (κ3) is 3.43. The van der Waals surface area contributed by atoms with Crippen LogP contribution in [0.5, 0.6) is 0 Å². The quantitative estimate of drug-likeness (QED) is 0.931. The van der Waals surface area contributed by atoms with Crippen LogP contribution in [0.15, 0.2) is 24.5 Å². The first kappa shape index (κ1) is 16.6. The lowest BCUT2D eigenvalue weighted by atomic mass is 9.98. The molecule has 1 saturated heterocycles. The zero-order valence-electron chi connectivity index (χ0n) is 15.1. The van der Waals surface area contributed by atoms with E-state index in [0.29, 0.717) is 12.6 Å². The molecular weight excluding hydrogens is 312 g/mol. The van der Waals surface area contributed by atoms with Gasteiger partial charge >= 0.3 is 0 Å². The van der Waals surface area contributed by atoms with Crippen molar-refractivity contribution in [3.8, 4) is 0 Å². The van der Waals surface area contributed by atoms with Crippen molar-refractivity contribution in [2.45, 2.75) is 70.5 Å². The monoisotopic (exact) mass is 340 g/mol. The van der Waals surface area contributed by atoms with Gasteiger partial charge in [0.15, 0.2) is 0 Å². The normalized spacial score (nSPS) is 22.5. The van der Waals surface area contributed by atoms with Crippen molar-refractivity contribution in [1.29, 1.82) is 0 Å². The van der Waals surface area contributed by atoms with Crippen molar-refractivity contribution in [2.24, 2.45) is 0 Å². The highest BCUT2D eigenvalue weighted by Crippen LogP contribution is 2.29. The van der Waals surface area contributed by atoms with E-state index in [2.05, 4.69) is 28.2 Å². The second kappa shape index (κ2) is 7.16. The van der Waals surface area contributed by atoms with Gasteiger partial charge in [-0.2, -0.15) is 0 Å². The summed E-state index contributed by atoms with van der Waals surface area (Å²) in [5, 5.41) is 3.15. The number of piperidine rings is 1.